The summed E-state index contributed by atoms with van der Waals surface area (Å²) in [6.07, 6.45) is 0.683. The molecule has 0 radical (unpaired) electrons. The zero-order valence-electron chi connectivity index (χ0n) is 7.56. The topological polar surface area (TPSA) is 37.3 Å². The van der Waals surface area contributed by atoms with E-state index >= 15 is 0 Å². The Labute approximate surface area is 63.3 Å². The van der Waals surface area contributed by atoms with Gasteiger partial charge in [-0.3, -0.25) is 4.79 Å². The number of hydrogen-bond acceptors (Lipinski definition) is 1. The fraction of sp³-hybridized carbons (Fsp3) is 0.875. The molecule has 0 aliphatic heterocycles. The Kier molecular flexibility index (Phi) is 6.42. The highest BCUT2D eigenvalue weighted by atomic mass is 16.4. The summed E-state index contributed by atoms with van der Waals surface area (Å²) in [5.74, 6) is -0.722. The van der Waals surface area contributed by atoms with E-state index in [9.17, 15) is 4.79 Å². The fourth-order valence-corrected chi connectivity index (χ4v) is 0.151. The first-order chi connectivity index (χ1) is 4.50. The van der Waals surface area contributed by atoms with Gasteiger partial charge < -0.3 is 5.11 Å². The van der Waals surface area contributed by atoms with Gasteiger partial charge in [0.1, 0.15) is 0 Å². The molecule has 0 rings (SSSR count). The highest BCUT2D eigenvalue weighted by Crippen LogP contribution is 2.18. The molecule has 0 unspecified atom stereocenters. The molecule has 62 valence electrons. The van der Waals surface area contributed by atoms with E-state index in [2.05, 4.69) is 0 Å². The smallest absolute Gasteiger partial charge is 0.309 e. The molecular formula is C8H18O2. The largest absolute Gasteiger partial charge is 0.481 e. The molecule has 2 nitrogen and oxygen atoms in total. The molecule has 2 heteroatoms. The van der Waals surface area contributed by atoms with E-state index in [4.69, 9.17) is 5.11 Å². The van der Waals surface area contributed by atoms with Crippen LogP contribution in [0, 0.1) is 5.41 Å². The molecule has 1 N–H and O–H groups in total. The van der Waals surface area contributed by atoms with Crippen LogP contribution in [-0.4, -0.2) is 11.1 Å². The average Bonchev–Trinajstić information content (AvgIpc) is 1.92. The van der Waals surface area contributed by atoms with Gasteiger partial charge in [-0.2, -0.15) is 0 Å². The van der Waals surface area contributed by atoms with Crippen molar-refractivity contribution in [1.82, 2.24) is 0 Å². The van der Waals surface area contributed by atoms with Crippen molar-refractivity contribution < 1.29 is 9.90 Å². The van der Waals surface area contributed by atoms with Gasteiger partial charge in [-0.25, -0.2) is 0 Å². The SMILES string of the molecule is CC.CCC(C)(C)C(=O)O. The number of carboxylic acids is 1. The zero-order chi connectivity index (χ0) is 8.78. The molecule has 0 aliphatic rings. The predicted molar refractivity (Wildman–Crippen MR) is 43.1 cm³/mol. The lowest BCUT2D eigenvalue weighted by atomic mass is 9.91. The van der Waals surface area contributed by atoms with Crippen LogP contribution in [-0.2, 0) is 4.79 Å². The van der Waals surface area contributed by atoms with E-state index in [1.54, 1.807) is 13.8 Å². The van der Waals surface area contributed by atoms with Gasteiger partial charge in [0.25, 0.3) is 0 Å². The quantitative estimate of drug-likeness (QED) is 0.650. The molecule has 0 heterocycles. The molecule has 0 aromatic rings. The fourth-order valence-electron chi connectivity index (χ4n) is 0.151. The van der Waals surface area contributed by atoms with Crippen molar-refractivity contribution in [2.75, 3.05) is 0 Å². The Hall–Kier alpha value is -0.530. The monoisotopic (exact) mass is 146 g/mol. The van der Waals surface area contributed by atoms with Gasteiger partial charge >= 0.3 is 5.97 Å². The second-order valence-corrected chi connectivity index (χ2v) is 2.54. The summed E-state index contributed by atoms with van der Waals surface area (Å²) in [7, 11) is 0. The molecular weight excluding hydrogens is 128 g/mol. The van der Waals surface area contributed by atoms with E-state index in [-0.39, 0.29) is 0 Å². The molecule has 10 heavy (non-hydrogen) atoms. The molecule has 0 fully saturated rings. The molecule has 0 atom stereocenters. The van der Waals surface area contributed by atoms with Gasteiger partial charge in [0.05, 0.1) is 5.41 Å². The Balaban J connectivity index is 0. The average molecular weight is 146 g/mol. The van der Waals surface area contributed by atoms with Crippen LogP contribution in [0.2, 0.25) is 0 Å². The summed E-state index contributed by atoms with van der Waals surface area (Å²) in [6, 6.07) is 0. The Bertz CT molecular complexity index is 95.4. The summed E-state index contributed by atoms with van der Waals surface area (Å²) in [6.45, 7) is 9.30. The standard InChI is InChI=1S/C6H12O2.C2H6/c1-4-6(2,3)5(7)8;1-2/h4H2,1-3H3,(H,7,8);1-2H3. The summed E-state index contributed by atoms with van der Waals surface area (Å²) < 4.78 is 0. The maximum absolute atomic E-state index is 10.3. The zero-order valence-corrected chi connectivity index (χ0v) is 7.56. The summed E-state index contributed by atoms with van der Waals surface area (Å²) in [4.78, 5) is 10.3. The Morgan fingerprint density at radius 2 is 1.70 bits per heavy atom. The first-order valence-corrected chi connectivity index (χ1v) is 3.74. The van der Waals surface area contributed by atoms with Gasteiger partial charge in [-0.15, -0.1) is 0 Å². The van der Waals surface area contributed by atoms with Crippen LogP contribution in [0.3, 0.4) is 0 Å². The predicted octanol–water partition coefficient (Wildman–Crippen LogP) is 2.53. The van der Waals surface area contributed by atoms with Gasteiger partial charge in [0.15, 0.2) is 0 Å². The van der Waals surface area contributed by atoms with Crippen molar-refractivity contribution in [1.29, 1.82) is 0 Å². The van der Waals surface area contributed by atoms with Gasteiger partial charge in [-0.1, -0.05) is 20.8 Å². The van der Waals surface area contributed by atoms with Crippen molar-refractivity contribution >= 4 is 5.97 Å². The van der Waals surface area contributed by atoms with Crippen molar-refractivity contribution in [2.24, 2.45) is 5.41 Å². The third-order valence-corrected chi connectivity index (χ3v) is 1.46. The van der Waals surface area contributed by atoms with E-state index in [1.165, 1.54) is 0 Å². The van der Waals surface area contributed by atoms with Crippen LogP contribution in [0.1, 0.15) is 41.0 Å². The minimum absolute atomic E-state index is 0.542. The number of carbonyl (C=O) groups is 1. The van der Waals surface area contributed by atoms with Crippen LogP contribution in [0.5, 0.6) is 0 Å². The van der Waals surface area contributed by atoms with Crippen molar-refractivity contribution in [3.8, 4) is 0 Å². The highest BCUT2D eigenvalue weighted by Gasteiger charge is 2.23. The molecule has 0 bridgehead atoms. The lowest BCUT2D eigenvalue weighted by Gasteiger charge is -2.14. The summed E-state index contributed by atoms with van der Waals surface area (Å²) >= 11 is 0. The molecule has 0 amide bonds. The molecule has 0 saturated carbocycles. The van der Waals surface area contributed by atoms with Gasteiger partial charge in [0, 0.05) is 0 Å². The van der Waals surface area contributed by atoms with Crippen molar-refractivity contribution in [3.63, 3.8) is 0 Å². The molecule has 0 spiro atoms. The molecule has 0 aromatic heterocycles. The minimum Gasteiger partial charge on any atom is -0.481 e. The Morgan fingerprint density at radius 1 is 1.40 bits per heavy atom. The third kappa shape index (κ3) is 4.36. The first-order valence-electron chi connectivity index (χ1n) is 3.74. The van der Waals surface area contributed by atoms with E-state index in [1.807, 2.05) is 20.8 Å². The molecule has 0 aromatic carbocycles. The minimum atomic E-state index is -0.722. The van der Waals surface area contributed by atoms with Crippen molar-refractivity contribution in [2.45, 2.75) is 41.0 Å². The highest BCUT2D eigenvalue weighted by molar-refractivity contribution is 5.73. The van der Waals surface area contributed by atoms with Gasteiger partial charge in [-0.05, 0) is 20.3 Å². The van der Waals surface area contributed by atoms with Crippen LogP contribution in [0.15, 0.2) is 0 Å². The number of hydrogen-bond donors (Lipinski definition) is 1. The van der Waals surface area contributed by atoms with E-state index in [0.717, 1.165) is 0 Å². The van der Waals surface area contributed by atoms with Crippen LogP contribution >= 0.6 is 0 Å². The van der Waals surface area contributed by atoms with Gasteiger partial charge in [0.2, 0.25) is 0 Å². The van der Waals surface area contributed by atoms with Crippen LogP contribution < -0.4 is 0 Å². The van der Waals surface area contributed by atoms with Crippen LogP contribution in [0.4, 0.5) is 0 Å². The molecule has 0 aliphatic carbocycles. The summed E-state index contributed by atoms with van der Waals surface area (Å²) in [5.41, 5.74) is -0.542. The lowest BCUT2D eigenvalue weighted by molar-refractivity contribution is -0.147. The number of aliphatic carboxylic acids is 1. The normalized spacial score (nSPS) is 9.70. The molecule has 0 saturated heterocycles. The van der Waals surface area contributed by atoms with Crippen LogP contribution in [0.25, 0.3) is 0 Å². The second-order valence-electron chi connectivity index (χ2n) is 2.54. The number of carboxylic acid groups (broad SMARTS) is 1. The maximum atomic E-state index is 10.3. The number of rotatable bonds is 2. The first kappa shape index (κ1) is 12.2. The lowest BCUT2D eigenvalue weighted by Crippen LogP contribution is -2.21. The third-order valence-electron chi connectivity index (χ3n) is 1.46. The van der Waals surface area contributed by atoms with E-state index in [0.29, 0.717) is 6.42 Å². The maximum Gasteiger partial charge on any atom is 0.309 e. The van der Waals surface area contributed by atoms with E-state index < -0.39 is 11.4 Å². The summed E-state index contributed by atoms with van der Waals surface area (Å²) in [5, 5.41) is 8.44. The van der Waals surface area contributed by atoms with Crippen molar-refractivity contribution in [3.05, 3.63) is 0 Å². The second kappa shape index (κ2) is 5.27. The Morgan fingerprint density at radius 3 is 1.70 bits per heavy atom.